The third kappa shape index (κ3) is 3.67. The summed E-state index contributed by atoms with van der Waals surface area (Å²) in [7, 11) is 0. The highest BCUT2D eigenvalue weighted by Crippen LogP contribution is 2.22. The standard InChI is InChI=1S/C15H19BrN2O/c1-2-14(10-3-6-12(16)7-4-10)18-15(19)11-5-8-13(17)9-11/h3-8,11,13-14H,2,9,17H2,1H3,(H,18,19). The number of rotatable bonds is 4. The average Bonchev–Trinajstić information content (AvgIpc) is 2.84. The van der Waals surface area contributed by atoms with Crippen molar-refractivity contribution in [2.75, 3.05) is 0 Å². The predicted octanol–water partition coefficient (Wildman–Crippen LogP) is 2.92. The molecule has 102 valence electrons. The van der Waals surface area contributed by atoms with Gasteiger partial charge in [-0.15, -0.1) is 0 Å². The minimum Gasteiger partial charge on any atom is -0.349 e. The molecule has 1 aliphatic carbocycles. The van der Waals surface area contributed by atoms with E-state index in [1.165, 1.54) is 0 Å². The molecule has 0 fully saturated rings. The van der Waals surface area contributed by atoms with E-state index in [0.29, 0.717) is 6.42 Å². The van der Waals surface area contributed by atoms with Crippen molar-refractivity contribution in [2.45, 2.75) is 31.8 Å². The van der Waals surface area contributed by atoms with Crippen LogP contribution in [0.1, 0.15) is 31.4 Å². The Hall–Kier alpha value is -1.13. The Morgan fingerprint density at radius 2 is 2.11 bits per heavy atom. The molecular formula is C15H19BrN2O. The second kappa shape index (κ2) is 6.35. The van der Waals surface area contributed by atoms with Crippen LogP contribution in [-0.2, 0) is 4.79 Å². The van der Waals surface area contributed by atoms with Gasteiger partial charge in [-0.3, -0.25) is 4.79 Å². The Kier molecular flexibility index (Phi) is 4.77. The molecule has 0 heterocycles. The van der Waals surface area contributed by atoms with Crippen molar-refractivity contribution < 1.29 is 4.79 Å². The first-order valence-electron chi connectivity index (χ1n) is 6.60. The molecule has 3 unspecified atom stereocenters. The summed E-state index contributed by atoms with van der Waals surface area (Å²) in [5, 5.41) is 3.10. The van der Waals surface area contributed by atoms with Gasteiger partial charge in [0.05, 0.1) is 12.0 Å². The van der Waals surface area contributed by atoms with Crippen LogP contribution in [-0.4, -0.2) is 11.9 Å². The number of hydrogen-bond donors (Lipinski definition) is 2. The molecule has 2 rings (SSSR count). The van der Waals surface area contributed by atoms with Gasteiger partial charge in [-0.05, 0) is 30.5 Å². The smallest absolute Gasteiger partial charge is 0.227 e. The summed E-state index contributed by atoms with van der Waals surface area (Å²) >= 11 is 3.42. The predicted molar refractivity (Wildman–Crippen MR) is 80.5 cm³/mol. The van der Waals surface area contributed by atoms with Gasteiger partial charge in [-0.25, -0.2) is 0 Å². The van der Waals surface area contributed by atoms with Crippen molar-refractivity contribution in [3.63, 3.8) is 0 Å². The number of carbonyl (C=O) groups excluding carboxylic acids is 1. The van der Waals surface area contributed by atoms with Gasteiger partial charge in [0.25, 0.3) is 0 Å². The molecule has 1 aliphatic rings. The molecule has 0 saturated heterocycles. The highest BCUT2D eigenvalue weighted by molar-refractivity contribution is 9.10. The van der Waals surface area contributed by atoms with E-state index in [2.05, 4.69) is 28.2 Å². The normalized spacial score (nSPS) is 23.3. The van der Waals surface area contributed by atoms with E-state index in [0.717, 1.165) is 16.5 Å². The van der Waals surface area contributed by atoms with Crippen LogP contribution < -0.4 is 11.1 Å². The summed E-state index contributed by atoms with van der Waals surface area (Å²) in [5.74, 6) is -0.0153. The first kappa shape index (κ1) is 14.3. The molecule has 1 amide bonds. The molecule has 3 atom stereocenters. The lowest BCUT2D eigenvalue weighted by atomic mass is 10.0. The number of hydrogen-bond acceptors (Lipinski definition) is 2. The number of benzene rings is 1. The Balaban J connectivity index is 2.01. The van der Waals surface area contributed by atoms with Gasteiger partial charge in [-0.2, -0.15) is 0 Å². The SMILES string of the molecule is CCC(NC(=O)C1C=CC(N)C1)c1ccc(Br)cc1. The highest BCUT2D eigenvalue weighted by atomic mass is 79.9. The summed E-state index contributed by atoms with van der Waals surface area (Å²) in [4.78, 5) is 12.2. The van der Waals surface area contributed by atoms with Crippen LogP contribution in [0.4, 0.5) is 0 Å². The molecule has 0 aliphatic heterocycles. The zero-order chi connectivity index (χ0) is 13.8. The van der Waals surface area contributed by atoms with E-state index in [9.17, 15) is 4.79 Å². The lowest BCUT2D eigenvalue weighted by Crippen LogP contribution is -2.33. The Bertz CT molecular complexity index is 470. The van der Waals surface area contributed by atoms with Crippen LogP contribution in [0, 0.1) is 5.92 Å². The van der Waals surface area contributed by atoms with Gasteiger partial charge in [-0.1, -0.05) is 47.1 Å². The number of amides is 1. The first-order valence-corrected chi connectivity index (χ1v) is 7.39. The fourth-order valence-electron chi connectivity index (χ4n) is 2.32. The maximum absolute atomic E-state index is 12.2. The molecule has 1 aromatic rings. The van der Waals surface area contributed by atoms with Gasteiger partial charge >= 0.3 is 0 Å². The molecular weight excluding hydrogens is 304 g/mol. The number of nitrogens with one attached hydrogen (secondary N) is 1. The van der Waals surface area contributed by atoms with Crippen molar-refractivity contribution in [1.29, 1.82) is 0 Å². The molecule has 3 N–H and O–H groups in total. The van der Waals surface area contributed by atoms with Gasteiger partial charge in [0, 0.05) is 10.5 Å². The van der Waals surface area contributed by atoms with Crippen molar-refractivity contribution in [2.24, 2.45) is 11.7 Å². The molecule has 0 spiro atoms. The zero-order valence-electron chi connectivity index (χ0n) is 11.0. The van der Waals surface area contributed by atoms with E-state index in [1.54, 1.807) is 0 Å². The molecule has 19 heavy (non-hydrogen) atoms. The van der Waals surface area contributed by atoms with E-state index in [4.69, 9.17) is 5.73 Å². The summed E-state index contributed by atoms with van der Waals surface area (Å²) in [5.41, 5.74) is 6.91. The number of halogens is 1. The molecule has 0 saturated carbocycles. The third-order valence-electron chi connectivity index (χ3n) is 3.45. The number of carbonyl (C=O) groups is 1. The van der Waals surface area contributed by atoms with Crippen molar-refractivity contribution in [1.82, 2.24) is 5.32 Å². The molecule has 4 heteroatoms. The lowest BCUT2D eigenvalue weighted by Gasteiger charge is -2.20. The maximum atomic E-state index is 12.2. The first-order chi connectivity index (χ1) is 9.10. The highest BCUT2D eigenvalue weighted by Gasteiger charge is 2.24. The minimum absolute atomic E-state index is 0.0171. The minimum atomic E-state index is -0.0838. The van der Waals surface area contributed by atoms with Crippen molar-refractivity contribution in [3.05, 3.63) is 46.5 Å². The average molecular weight is 323 g/mol. The fourth-order valence-corrected chi connectivity index (χ4v) is 2.58. The van der Waals surface area contributed by atoms with E-state index in [1.807, 2.05) is 36.4 Å². The largest absolute Gasteiger partial charge is 0.349 e. The summed E-state index contributed by atoms with van der Waals surface area (Å²) < 4.78 is 1.04. The van der Waals surface area contributed by atoms with Gasteiger partial charge < -0.3 is 11.1 Å². The second-order valence-corrected chi connectivity index (χ2v) is 5.83. The Labute approximate surface area is 122 Å². The number of nitrogens with two attached hydrogens (primary N) is 1. The third-order valence-corrected chi connectivity index (χ3v) is 3.98. The molecule has 0 bridgehead atoms. The summed E-state index contributed by atoms with van der Waals surface area (Å²) in [6, 6.07) is 8.14. The maximum Gasteiger partial charge on any atom is 0.227 e. The topological polar surface area (TPSA) is 55.1 Å². The van der Waals surface area contributed by atoms with Crippen LogP contribution >= 0.6 is 15.9 Å². The summed E-state index contributed by atoms with van der Waals surface area (Å²) in [6.07, 6.45) is 5.40. The van der Waals surface area contributed by atoms with Gasteiger partial charge in [0.15, 0.2) is 0 Å². The fraction of sp³-hybridized carbons (Fsp3) is 0.400. The van der Waals surface area contributed by atoms with Crippen molar-refractivity contribution in [3.8, 4) is 0 Å². The quantitative estimate of drug-likeness (QED) is 0.837. The van der Waals surface area contributed by atoms with Crippen LogP contribution in [0.5, 0.6) is 0 Å². The lowest BCUT2D eigenvalue weighted by molar-refractivity contribution is -0.124. The van der Waals surface area contributed by atoms with Crippen molar-refractivity contribution >= 4 is 21.8 Å². The molecule has 0 radical (unpaired) electrons. The van der Waals surface area contributed by atoms with E-state index >= 15 is 0 Å². The Morgan fingerprint density at radius 3 is 2.63 bits per heavy atom. The Morgan fingerprint density at radius 1 is 1.42 bits per heavy atom. The van der Waals surface area contributed by atoms with Crippen LogP contribution in [0.25, 0.3) is 0 Å². The van der Waals surface area contributed by atoms with E-state index < -0.39 is 0 Å². The second-order valence-electron chi connectivity index (χ2n) is 4.91. The van der Waals surface area contributed by atoms with E-state index in [-0.39, 0.29) is 23.9 Å². The van der Waals surface area contributed by atoms with Crippen LogP contribution in [0.3, 0.4) is 0 Å². The van der Waals surface area contributed by atoms with Gasteiger partial charge in [0.1, 0.15) is 0 Å². The molecule has 1 aromatic carbocycles. The van der Waals surface area contributed by atoms with Crippen LogP contribution in [0.2, 0.25) is 0 Å². The summed E-state index contributed by atoms with van der Waals surface area (Å²) in [6.45, 7) is 2.07. The van der Waals surface area contributed by atoms with Gasteiger partial charge in [0.2, 0.25) is 5.91 Å². The zero-order valence-corrected chi connectivity index (χ0v) is 12.6. The molecule has 3 nitrogen and oxygen atoms in total. The molecule has 0 aromatic heterocycles. The van der Waals surface area contributed by atoms with Crippen LogP contribution in [0.15, 0.2) is 40.9 Å². The monoisotopic (exact) mass is 322 g/mol.